The number of hydrogen-bond acceptors (Lipinski definition) is 4. The van der Waals surface area contributed by atoms with E-state index < -0.39 is 27.6 Å². The Morgan fingerprint density at radius 3 is 2.35 bits per heavy atom. The lowest BCUT2D eigenvalue weighted by Gasteiger charge is -2.10. The first-order valence-corrected chi connectivity index (χ1v) is 11.3. The summed E-state index contributed by atoms with van der Waals surface area (Å²) < 4.78 is 63.9. The van der Waals surface area contributed by atoms with E-state index in [1.54, 1.807) is 24.3 Å². The number of nitrogens with one attached hydrogen (secondary N) is 1. The molecule has 1 aromatic heterocycles. The van der Waals surface area contributed by atoms with Crippen LogP contribution in [-0.4, -0.2) is 30.4 Å². The van der Waals surface area contributed by atoms with E-state index >= 15 is 0 Å². The van der Waals surface area contributed by atoms with Crippen LogP contribution in [0.1, 0.15) is 40.5 Å². The molecule has 4 rings (SSSR count). The Balaban J connectivity index is 1.56. The van der Waals surface area contributed by atoms with Crippen LogP contribution in [-0.2, 0) is 16.0 Å². The number of carbonyl (C=O) groups is 1. The van der Waals surface area contributed by atoms with Gasteiger partial charge in [-0.2, -0.15) is 18.3 Å². The molecule has 0 unspecified atom stereocenters. The van der Waals surface area contributed by atoms with Crippen molar-refractivity contribution in [2.75, 3.05) is 11.6 Å². The molecule has 10 heteroatoms. The van der Waals surface area contributed by atoms with E-state index in [1.807, 2.05) is 0 Å². The van der Waals surface area contributed by atoms with Crippen molar-refractivity contribution < 1.29 is 26.4 Å². The van der Waals surface area contributed by atoms with Gasteiger partial charge in [-0.3, -0.25) is 4.79 Å². The van der Waals surface area contributed by atoms with Crippen LogP contribution < -0.4 is 5.32 Å². The van der Waals surface area contributed by atoms with Crippen LogP contribution in [0.5, 0.6) is 0 Å². The van der Waals surface area contributed by atoms with E-state index in [1.165, 1.54) is 28.9 Å². The van der Waals surface area contributed by atoms with E-state index in [0.717, 1.165) is 25.2 Å². The molecule has 1 aliphatic rings. The first kappa shape index (κ1) is 21.1. The molecule has 1 amide bonds. The number of hydrogen-bond donors (Lipinski definition) is 1. The third-order valence-corrected chi connectivity index (χ3v) is 6.03. The van der Waals surface area contributed by atoms with Gasteiger partial charge in [-0.1, -0.05) is 6.07 Å². The van der Waals surface area contributed by atoms with E-state index in [4.69, 9.17) is 0 Å². The molecular weight excluding hydrogens is 431 g/mol. The van der Waals surface area contributed by atoms with Gasteiger partial charge in [0.2, 0.25) is 0 Å². The zero-order valence-electron chi connectivity index (χ0n) is 16.3. The molecule has 1 fully saturated rings. The Morgan fingerprint density at radius 1 is 1.10 bits per heavy atom. The molecule has 2 aromatic carbocycles. The largest absolute Gasteiger partial charge is 0.435 e. The molecule has 0 aliphatic heterocycles. The third kappa shape index (κ3) is 4.63. The van der Waals surface area contributed by atoms with Gasteiger partial charge in [-0.25, -0.2) is 13.1 Å². The number of anilines is 1. The van der Waals surface area contributed by atoms with Crippen molar-refractivity contribution >= 4 is 21.4 Å². The van der Waals surface area contributed by atoms with Crippen molar-refractivity contribution in [2.24, 2.45) is 0 Å². The highest BCUT2D eigenvalue weighted by atomic mass is 32.2. The van der Waals surface area contributed by atoms with E-state index in [0.29, 0.717) is 17.1 Å². The molecule has 1 saturated carbocycles. The third-order valence-electron chi connectivity index (χ3n) is 4.92. The Hall–Kier alpha value is -3.14. The number of benzene rings is 2. The van der Waals surface area contributed by atoms with Crippen molar-refractivity contribution in [1.82, 2.24) is 9.78 Å². The van der Waals surface area contributed by atoms with Crippen molar-refractivity contribution in [3.63, 3.8) is 0 Å². The van der Waals surface area contributed by atoms with E-state index in [9.17, 15) is 26.4 Å². The minimum Gasteiger partial charge on any atom is -0.322 e. The zero-order valence-corrected chi connectivity index (χ0v) is 17.2. The minimum absolute atomic E-state index is 0.0299. The normalized spacial score (nSPS) is 14.5. The van der Waals surface area contributed by atoms with Gasteiger partial charge in [0, 0.05) is 29.1 Å². The summed E-state index contributed by atoms with van der Waals surface area (Å²) in [4.78, 5) is 12.5. The molecule has 1 aliphatic carbocycles. The van der Waals surface area contributed by atoms with Gasteiger partial charge in [0.1, 0.15) is 0 Å². The Labute approximate surface area is 176 Å². The van der Waals surface area contributed by atoms with Crippen LogP contribution in [0.15, 0.2) is 59.5 Å². The van der Waals surface area contributed by atoms with Gasteiger partial charge in [0.15, 0.2) is 15.5 Å². The maximum atomic E-state index is 13.1. The quantitative estimate of drug-likeness (QED) is 0.625. The summed E-state index contributed by atoms with van der Waals surface area (Å²) in [7, 11) is -3.45. The van der Waals surface area contributed by atoms with Crippen molar-refractivity contribution in [1.29, 1.82) is 0 Å². The summed E-state index contributed by atoms with van der Waals surface area (Å²) in [6.45, 7) is 0. The lowest BCUT2D eigenvalue weighted by molar-refractivity contribution is -0.141. The Kier molecular flexibility index (Phi) is 5.12. The van der Waals surface area contributed by atoms with Gasteiger partial charge in [0.25, 0.3) is 5.91 Å². The number of nitrogens with zero attached hydrogens (tertiary/aromatic N) is 2. The summed E-state index contributed by atoms with van der Waals surface area (Å²) in [5, 5.41) is 6.38. The molecule has 1 N–H and O–H groups in total. The average molecular weight is 449 g/mol. The van der Waals surface area contributed by atoms with Gasteiger partial charge in [0.05, 0.1) is 10.6 Å². The molecule has 0 atom stereocenters. The molecule has 162 valence electrons. The fraction of sp³-hybridized carbons (Fsp3) is 0.238. The van der Waals surface area contributed by atoms with Crippen LogP contribution in [0.4, 0.5) is 18.9 Å². The summed E-state index contributed by atoms with van der Waals surface area (Å²) in [5.74, 6) is -0.444. The number of halogens is 3. The SMILES string of the molecule is CS(=O)(=O)c1cccc(C(=O)Nc2ccc(-n3nc(C(F)(F)F)cc3C3CC3)cc2)c1. The summed E-state index contributed by atoms with van der Waals surface area (Å²) >= 11 is 0. The molecule has 0 saturated heterocycles. The number of rotatable bonds is 5. The number of aromatic nitrogens is 2. The van der Waals surface area contributed by atoms with Gasteiger partial charge in [-0.15, -0.1) is 0 Å². The molecule has 0 bridgehead atoms. The fourth-order valence-corrected chi connectivity index (χ4v) is 3.83. The molecule has 0 spiro atoms. The molecule has 3 aromatic rings. The second-order valence-electron chi connectivity index (χ2n) is 7.44. The van der Waals surface area contributed by atoms with Gasteiger partial charge >= 0.3 is 6.18 Å². The van der Waals surface area contributed by atoms with Gasteiger partial charge < -0.3 is 5.32 Å². The first-order chi connectivity index (χ1) is 14.5. The number of carbonyl (C=O) groups excluding carboxylic acids is 1. The summed E-state index contributed by atoms with van der Waals surface area (Å²) in [6.07, 6.45) is -1.82. The van der Waals surface area contributed by atoms with Crippen LogP contribution >= 0.6 is 0 Å². The number of sulfone groups is 1. The number of alkyl halides is 3. The van der Waals surface area contributed by atoms with Crippen LogP contribution in [0.3, 0.4) is 0 Å². The zero-order chi connectivity index (χ0) is 22.4. The van der Waals surface area contributed by atoms with E-state index in [-0.39, 0.29) is 16.4 Å². The topological polar surface area (TPSA) is 81.1 Å². The maximum Gasteiger partial charge on any atom is 0.435 e. The monoisotopic (exact) mass is 449 g/mol. The van der Waals surface area contributed by atoms with Gasteiger partial charge in [-0.05, 0) is 61.4 Å². The second-order valence-corrected chi connectivity index (χ2v) is 9.46. The molecular formula is C21H18F3N3O3S. The number of amides is 1. The molecule has 31 heavy (non-hydrogen) atoms. The molecule has 6 nitrogen and oxygen atoms in total. The molecule has 1 heterocycles. The Morgan fingerprint density at radius 2 is 1.77 bits per heavy atom. The van der Waals surface area contributed by atoms with Crippen LogP contribution in [0.2, 0.25) is 0 Å². The average Bonchev–Trinajstić information content (AvgIpc) is 3.45. The van der Waals surface area contributed by atoms with Crippen molar-refractivity contribution in [3.8, 4) is 5.69 Å². The van der Waals surface area contributed by atoms with E-state index in [2.05, 4.69) is 10.4 Å². The Bertz CT molecular complexity index is 1240. The summed E-state index contributed by atoms with van der Waals surface area (Å²) in [5.41, 5.74) is 0.619. The second kappa shape index (κ2) is 7.52. The predicted octanol–water partition coefficient (Wildman–Crippen LogP) is 4.42. The lowest BCUT2D eigenvalue weighted by Crippen LogP contribution is -2.13. The standard InChI is InChI=1S/C21H18F3N3O3S/c1-31(29,30)17-4-2-3-14(11-17)20(28)25-15-7-9-16(10-8-15)27-18(13-5-6-13)12-19(26-27)21(22,23)24/h2-4,7-13H,5-6H2,1H3,(H,25,28). The highest BCUT2D eigenvalue weighted by Crippen LogP contribution is 2.43. The van der Waals surface area contributed by atoms with Crippen molar-refractivity contribution in [3.05, 3.63) is 71.5 Å². The van der Waals surface area contributed by atoms with Crippen LogP contribution in [0, 0.1) is 0 Å². The fourth-order valence-electron chi connectivity index (χ4n) is 3.17. The summed E-state index contributed by atoms with van der Waals surface area (Å²) in [6, 6.07) is 13.0. The highest BCUT2D eigenvalue weighted by molar-refractivity contribution is 7.90. The highest BCUT2D eigenvalue weighted by Gasteiger charge is 2.38. The van der Waals surface area contributed by atoms with Crippen LogP contribution in [0.25, 0.3) is 5.69 Å². The maximum absolute atomic E-state index is 13.1. The molecule has 0 radical (unpaired) electrons. The minimum atomic E-state index is -4.52. The lowest BCUT2D eigenvalue weighted by atomic mass is 10.2. The smallest absolute Gasteiger partial charge is 0.322 e. The van der Waals surface area contributed by atoms with Crippen molar-refractivity contribution in [2.45, 2.75) is 29.8 Å². The predicted molar refractivity (Wildman–Crippen MR) is 108 cm³/mol. The first-order valence-electron chi connectivity index (χ1n) is 9.41.